The van der Waals surface area contributed by atoms with Gasteiger partial charge in [0.25, 0.3) is 5.91 Å². The number of hydrogen-bond acceptors (Lipinski definition) is 6. The van der Waals surface area contributed by atoms with Crippen molar-refractivity contribution in [3.8, 4) is 22.6 Å². The molecule has 0 aliphatic heterocycles. The van der Waals surface area contributed by atoms with E-state index in [0.29, 0.717) is 46.3 Å². The van der Waals surface area contributed by atoms with Crippen LogP contribution in [0.2, 0.25) is 0 Å². The molecule has 9 heteroatoms. The van der Waals surface area contributed by atoms with Crippen LogP contribution in [-0.4, -0.2) is 37.8 Å². The summed E-state index contributed by atoms with van der Waals surface area (Å²) in [6.45, 7) is 0.876. The lowest BCUT2D eigenvalue weighted by atomic mass is 10.1. The van der Waals surface area contributed by atoms with Crippen LogP contribution in [0.3, 0.4) is 0 Å². The summed E-state index contributed by atoms with van der Waals surface area (Å²) in [6, 6.07) is 25.8. The smallest absolute Gasteiger partial charge is 0.255 e. The molecule has 0 radical (unpaired) electrons. The van der Waals surface area contributed by atoms with Gasteiger partial charge in [-0.1, -0.05) is 36.4 Å². The maximum atomic E-state index is 13.7. The van der Waals surface area contributed by atoms with E-state index in [1.807, 2.05) is 24.3 Å². The lowest BCUT2D eigenvalue weighted by Crippen LogP contribution is -2.29. The van der Waals surface area contributed by atoms with Crippen molar-refractivity contribution >= 4 is 28.6 Å². The molecule has 3 N–H and O–H groups in total. The van der Waals surface area contributed by atoms with E-state index in [2.05, 4.69) is 15.4 Å². The van der Waals surface area contributed by atoms with Gasteiger partial charge in [-0.25, -0.2) is 9.11 Å². The van der Waals surface area contributed by atoms with E-state index in [4.69, 9.17) is 9.47 Å². The fourth-order valence-electron chi connectivity index (χ4n) is 3.83. The molecule has 4 rings (SSSR count). The molecule has 0 aliphatic rings. The summed E-state index contributed by atoms with van der Waals surface area (Å²) in [6.07, 6.45) is 0. The van der Waals surface area contributed by atoms with Gasteiger partial charge < -0.3 is 24.7 Å². The second kappa shape index (κ2) is 12.8. The number of methoxy groups -OCH3 is 2. The molecule has 196 valence electrons. The van der Waals surface area contributed by atoms with Crippen molar-refractivity contribution in [3.63, 3.8) is 0 Å². The standard InChI is InChI=1S/C29H28FN3O4S/c1-36-26-12-4-3-11-25(26)29(34)32-16-15-31-23-9-6-10-24(19-23)33-38(35)28-18-21(13-14-27(28)37-2)20-7-5-8-22(30)17-20/h3-14,17-19,31,33H,15-16H2,1-2H3,(H,32,34). The van der Waals surface area contributed by atoms with Gasteiger partial charge in [0, 0.05) is 24.8 Å². The zero-order valence-electron chi connectivity index (χ0n) is 21.0. The number of ether oxygens (including phenoxy) is 2. The Morgan fingerprint density at radius 1 is 0.816 bits per heavy atom. The summed E-state index contributed by atoms with van der Waals surface area (Å²) in [7, 11) is 3.04. The first kappa shape index (κ1) is 26.8. The molecular formula is C29H28FN3O4S. The Morgan fingerprint density at radius 3 is 2.34 bits per heavy atom. The van der Waals surface area contributed by atoms with Crippen LogP contribution < -0.4 is 24.8 Å². The maximum Gasteiger partial charge on any atom is 0.255 e. The highest BCUT2D eigenvalue weighted by atomic mass is 32.2. The van der Waals surface area contributed by atoms with Crippen LogP contribution in [-0.2, 0) is 11.4 Å². The van der Waals surface area contributed by atoms with Crippen LogP contribution in [0.25, 0.3) is 11.1 Å². The van der Waals surface area contributed by atoms with E-state index in [9.17, 15) is 13.7 Å². The van der Waals surface area contributed by atoms with Crippen molar-refractivity contribution in [2.75, 3.05) is 37.3 Å². The zero-order chi connectivity index (χ0) is 26.9. The molecule has 0 bridgehead atoms. The van der Waals surface area contributed by atoms with E-state index in [-0.39, 0.29) is 11.7 Å². The van der Waals surface area contributed by atoms with E-state index < -0.39 is 11.4 Å². The summed E-state index contributed by atoms with van der Waals surface area (Å²) in [5.74, 6) is 0.408. The fraction of sp³-hybridized carbons (Fsp3) is 0.138. The summed E-state index contributed by atoms with van der Waals surface area (Å²) in [4.78, 5) is 12.9. The van der Waals surface area contributed by atoms with Crippen LogP contribution in [0, 0.1) is 5.82 Å². The van der Waals surface area contributed by atoms with Gasteiger partial charge in [0.05, 0.1) is 25.5 Å². The van der Waals surface area contributed by atoms with Crippen LogP contribution in [0.15, 0.2) is 95.9 Å². The van der Waals surface area contributed by atoms with Gasteiger partial charge in [-0.2, -0.15) is 0 Å². The molecule has 7 nitrogen and oxygen atoms in total. The lowest BCUT2D eigenvalue weighted by Gasteiger charge is -2.16. The second-order valence-electron chi connectivity index (χ2n) is 8.21. The fourth-order valence-corrected chi connectivity index (χ4v) is 4.85. The number of hydrogen-bond donors (Lipinski definition) is 3. The summed E-state index contributed by atoms with van der Waals surface area (Å²) in [5.41, 5.74) is 3.29. The molecule has 1 atom stereocenters. The molecule has 4 aromatic rings. The minimum absolute atomic E-state index is 0.218. The van der Waals surface area contributed by atoms with E-state index in [1.54, 1.807) is 54.6 Å². The largest absolute Gasteiger partial charge is 0.588 e. The van der Waals surface area contributed by atoms with Crippen LogP contribution in [0.4, 0.5) is 15.8 Å². The van der Waals surface area contributed by atoms with E-state index in [0.717, 1.165) is 11.3 Å². The number of nitrogens with one attached hydrogen (secondary N) is 3. The topological polar surface area (TPSA) is 94.7 Å². The molecule has 0 aliphatic carbocycles. The first-order chi connectivity index (χ1) is 18.5. The zero-order valence-corrected chi connectivity index (χ0v) is 21.8. The van der Waals surface area contributed by atoms with Gasteiger partial charge in [-0.05, 0) is 59.7 Å². The molecular weight excluding hydrogens is 505 g/mol. The average molecular weight is 534 g/mol. The average Bonchev–Trinajstić information content (AvgIpc) is 2.95. The number of para-hydroxylation sites is 1. The molecule has 0 saturated carbocycles. The monoisotopic (exact) mass is 533 g/mol. The van der Waals surface area contributed by atoms with Crippen LogP contribution in [0.5, 0.6) is 11.5 Å². The molecule has 0 spiro atoms. The summed E-state index contributed by atoms with van der Waals surface area (Å²) < 4.78 is 40.6. The third-order valence-corrected chi connectivity index (χ3v) is 6.83. The Kier molecular flexibility index (Phi) is 9.07. The Labute approximate surface area is 224 Å². The maximum absolute atomic E-state index is 13.7. The van der Waals surface area contributed by atoms with Gasteiger partial charge in [0.2, 0.25) is 4.90 Å². The number of rotatable bonds is 11. The minimum atomic E-state index is -1.65. The van der Waals surface area contributed by atoms with Crippen molar-refractivity contribution < 1.29 is 23.2 Å². The highest BCUT2D eigenvalue weighted by molar-refractivity contribution is 7.92. The number of carbonyl (C=O) groups is 1. The van der Waals surface area contributed by atoms with Crippen molar-refractivity contribution in [2.45, 2.75) is 4.90 Å². The molecule has 4 aromatic carbocycles. The number of anilines is 2. The lowest BCUT2D eigenvalue weighted by molar-refractivity contribution is 0.0952. The van der Waals surface area contributed by atoms with Gasteiger partial charge >= 0.3 is 0 Å². The number of benzene rings is 4. The van der Waals surface area contributed by atoms with Gasteiger partial charge in [-0.15, -0.1) is 0 Å². The Hall–Kier alpha value is -4.21. The molecule has 0 saturated heterocycles. The van der Waals surface area contributed by atoms with Crippen LogP contribution >= 0.6 is 0 Å². The van der Waals surface area contributed by atoms with Gasteiger partial charge in [0.1, 0.15) is 22.9 Å². The quantitative estimate of drug-likeness (QED) is 0.174. The third kappa shape index (κ3) is 6.76. The predicted molar refractivity (Wildman–Crippen MR) is 149 cm³/mol. The number of amides is 1. The van der Waals surface area contributed by atoms with Crippen molar-refractivity contribution in [1.82, 2.24) is 5.32 Å². The molecule has 0 aromatic heterocycles. The van der Waals surface area contributed by atoms with Crippen molar-refractivity contribution in [3.05, 3.63) is 102 Å². The number of carbonyl (C=O) groups excluding carboxylic acids is 1. The molecule has 0 fully saturated rings. The normalized spacial score (nSPS) is 11.4. The van der Waals surface area contributed by atoms with Crippen molar-refractivity contribution in [1.29, 1.82) is 0 Å². The molecule has 1 unspecified atom stereocenters. The molecule has 1 amide bonds. The van der Waals surface area contributed by atoms with Gasteiger partial charge in [-0.3, -0.25) is 4.79 Å². The Balaban J connectivity index is 1.37. The third-order valence-electron chi connectivity index (χ3n) is 5.69. The first-order valence-electron chi connectivity index (χ1n) is 11.9. The minimum Gasteiger partial charge on any atom is -0.588 e. The first-order valence-corrected chi connectivity index (χ1v) is 13.0. The molecule has 0 heterocycles. The van der Waals surface area contributed by atoms with Crippen molar-refractivity contribution in [2.24, 2.45) is 0 Å². The highest BCUT2D eigenvalue weighted by Gasteiger charge is 2.20. The summed E-state index contributed by atoms with van der Waals surface area (Å²) >= 11 is -1.65. The number of halogens is 1. The van der Waals surface area contributed by atoms with Crippen LogP contribution in [0.1, 0.15) is 10.4 Å². The summed E-state index contributed by atoms with van der Waals surface area (Å²) in [5, 5.41) is 6.11. The molecule has 38 heavy (non-hydrogen) atoms. The Bertz CT molecular complexity index is 1400. The SMILES string of the molecule is COc1ccccc1C(=O)NCCNc1cccc(N[S+]([O-])c2cc(-c3cccc(F)c3)ccc2OC)c1. The highest BCUT2D eigenvalue weighted by Crippen LogP contribution is 2.31. The van der Waals surface area contributed by atoms with Gasteiger partial charge in [0.15, 0.2) is 5.75 Å². The van der Waals surface area contributed by atoms with E-state index >= 15 is 0 Å². The predicted octanol–water partition coefficient (Wildman–Crippen LogP) is 5.49. The Morgan fingerprint density at radius 2 is 1.55 bits per heavy atom. The van der Waals surface area contributed by atoms with E-state index in [1.165, 1.54) is 26.4 Å². The second-order valence-corrected chi connectivity index (χ2v) is 9.39.